The van der Waals surface area contributed by atoms with E-state index in [1.807, 2.05) is 0 Å². The highest BCUT2D eigenvalue weighted by molar-refractivity contribution is 4.87. The van der Waals surface area contributed by atoms with Crippen LogP contribution in [0.15, 0.2) is 0 Å². The van der Waals surface area contributed by atoms with Gasteiger partial charge in [-0.3, -0.25) is 0 Å². The van der Waals surface area contributed by atoms with Gasteiger partial charge in [-0.2, -0.15) is 0 Å². The van der Waals surface area contributed by atoms with Crippen molar-refractivity contribution < 1.29 is 4.74 Å². The maximum absolute atomic E-state index is 5.59. The molecule has 1 aliphatic heterocycles. The molecule has 0 bridgehead atoms. The molecule has 1 rings (SSSR count). The van der Waals surface area contributed by atoms with Crippen LogP contribution in [0.25, 0.3) is 0 Å². The summed E-state index contributed by atoms with van der Waals surface area (Å²) in [7, 11) is 0. The number of nitrogens with zero attached hydrogens (tertiary/aromatic N) is 1. The van der Waals surface area contributed by atoms with Crippen LogP contribution in [0, 0.1) is 5.41 Å². The molecule has 3 nitrogen and oxygen atoms in total. The van der Waals surface area contributed by atoms with Gasteiger partial charge in [0.15, 0.2) is 0 Å². The molecule has 0 saturated carbocycles. The Balaban J connectivity index is 2.55. The van der Waals surface area contributed by atoms with Crippen LogP contribution in [0.5, 0.6) is 0 Å². The van der Waals surface area contributed by atoms with E-state index in [4.69, 9.17) is 4.74 Å². The monoisotopic (exact) mass is 270 g/mol. The summed E-state index contributed by atoms with van der Waals surface area (Å²) in [4.78, 5) is 2.67. The van der Waals surface area contributed by atoms with Gasteiger partial charge in [0, 0.05) is 26.3 Å². The molecular formula is C16H34N2O. The lowest BCUT2D eigenvalue weighted by Crippen LogP contribution is -2.48. The van der Waals surface area contributed by atoms with Crippen LogP contribution in [0.4, 0.5) is 0 Å². The van der Waals surface area contributed by atoms with Gasteiger partial charge in [0.1, 0.15) is 0 Å². The van der Waals surface area contributed by atoms with Gasteiger partial charge in [-0.15, -0.1) is 0 Å². The van der Waals surface area contributed by atoms with Gasteiger partial charge in [-0.25, -0.2) is 0 Å². The Morgan fingerprint density at radius 2 is 1.63 bits per heavy atom. The van der Waals surface area contributed by atoms with Crippen molar-refractivity contribution in [3.63, 3.8) is 0 Å². The van der Waals surface area contributed by atoms with Crippen molar-refractivity contribution >= 4 is 0 Å². The second-order valence-electron chi connectivity index (χ2n) is 6.07. The third kappa shape index (κ3) is 6.24. The Hall–Kier alpha value is -0.120. The predicted molar refractivity (Wildman–Crippen MR) is 82.7 cm³/mol. The number of nitrogens with one attached hydrogen (secondary N) is 1. The quantitative estimate of drug-likeness (QED) is 0.618. The first-order valence-corrected chi connectivity index (χ1v) is 8.27. The van der Waals surface area contributed by atoms with Crippen LogP contribution >= 0.6 is 0 Å². The Morgan fingerprint density at radius 3 is 2.16 bits per heavy atom. The molecule has 1 N–H and O–H groups in total. The summed E-state index contributed by atoms with van der Waals surface area (Å²) in [5.74, 6) is 0. The van der Waals surface area contributed by atoms with Gasteiger partial charge < -0.3 is 15.0 Å². The second-order valence-corrected chi connectivity index (χ2v) is 6.07. The van der Waals surface area contributed by atoms with Crippen LogP contribution in [-0.4, -0.2) is 50.8 Å². The summed E-state index contributed by atoms with van der Waals surface area (Å²) in [6.07, 6.45) is 6.17. The third-order valence-electron chi connectivity index (χ3n) is 4.12. The summed E-state index contributed by atoms with van der Waals surface area (Å²) >= 11 is 0. The molecule has 3 heteroatoms. The predicted octanol–water partition coefficient (Wildman–Crippen LogP) is 2.90. The molecule has 1 saturated heterocycles. The summed E-state index contributed by atoms with van der Waals surface area (Å²) in [6.45, 7) is 14.7. The van der Waals surface area contributed by atoms with Gasteiger partial charge in [-0.1, -0.05) is 20.8 Å². The van der Waals surface area contributed by atoms with E-state index in [0.29, 0.717) is 5.41 Å². The molecule has 1 fully saturated rings. The molecule has 0 aromatic rings. The lowest BCUT2D eigenvalue weighted by Gasteiger charge is -2.41. The second kappa shape index (κ2) is 9.73. The van der Waals surface area contributed by atoms with E-state index < -0.39 is 0 Å². The van der Waals surface area contributed by atoms with E-state index in [1.54, 1.807) is 0 Å². The Kier molecular flexibility index (Phi) is 8.67. The van der Waals surface area contributed by atoms with E-state index in [1.165, 1.54) is 51.7 Å². The van der Waals surface area contributed by atoms with Gasteiger partial charge in [-0.05, 0) is 57.2 Å². The topological polar surface area (TPSA) is 24.5 Å². The highest BCUT2D eigenvalue weighted by Crippen LogP contribution is 2.31. The standard InChI is InChI=1S/C16H34N2O/c1-4-9-17-14-16(7-12-19-13-8-16)15-18(10-5-2)11-6-3/h17H,4-15H2,1-3H3. The molecule has 1 heterocycles. The molecular weight excluding hydrogens is 236 g/mol. The molecule has 0 atom stereocenters. The van der Waals surface area contributed by atoms with Crippen molar-refractivity contribution in [3.8, 4) is 0 Å². The minimum atomic E-state index is 0.442. The third-order valence-corrected chi connectivity index (χ3v) is 4.12. The first-order valence-electron chi connectivity index (χ1n) is 8.27. The molecule has 0 aliphatic carbocycles. The van der Waals surface area contributed by atoms with Crippen molar-refractivity contribution in [1.82, 2.24) is 10.2 Å². The first kappa shape index (κ1) is 16.9. The Labute approximate surface area is 120 Å². The lowest BCUT2D eigenvalue weighted by molar-refractivity contribution is -0.00432. The highest BCUT2D eigenvalue weighted by Gasteiger charge is 2.33. The van der Waals surface area contributed by atoms with Crippen molar-refractivity contribution in [2.75, 3.05) is 45.9 Å². The molecule has 114 valence electrons. The Morgan fingerprint density at radius 1 is 1.00 bits per heavy atom. The van der Waals surface area contributed by atoms with Crippen molar-refractivity contribution in [2.24, 2.45) is 5.41 Å². The zero-order valence-electron chi connectivity index (χ0n) is 13.3. The molecule has 0 aromatic carbocycles. The largest absolute Gasteiger partial charge is 0.381 e. The van der Waals surface area contributed by atoms with E-state index in [0.717, 1.165) is 26.3 Å². The highest BCUT2D eigenvalue weighted by atomic mass is 16.5. The molecule has 0 spiro atoms. The van der Waals surface area contributed by atoms with Gasteiger partial charge in [0.25, 0.3) is 0 Å². The fraction of sp³-hybridized carbons (Fsp3) is 1.00. The van der Waals surface area contributed by atoms with Gasteiger partial charge >= 0.3 is 0 Å². The Bertz CT molecular complexity index is 209. The maximum atomic E-state index is 5.59. The minimum absolute atomic E-state index is 0.442. The van der Waals surface area contributed by atoms with E-state index in [-0.39, 0.29) is 0 Å². The summed E-state index contributed by atoms with van der Waals surface area (Å²) in [6, 6.07) is 0. The molecule has 19 heavy (non-hydrogen) atoms. The van der Waals surface area contributed by atoms with Crippen LogP contribution < -0.4 is 5.32 Å². The van der Waals surface area contributed by atoms with E-state index >= 15 is 0 Å². The van der Waals surface area contributed by atoms with E-state index in [9.17, 15) is 0 Å². The van der Waals surface area contributed by atoms with Crippen LogP contribution in [0.3, 0.4) is 0 Å². The smallest absolute Gasteiger partial charge is 0.0472 e. The molecule has 1 aliphatic rings. The maximum Gasteiger partial charge on any atom is 0.0472 e. The average Bonchev–Trinajstić information content (AvgIpc) is 2.41. The zero-order valence-corrected chi connectivity index (χ0v) is 13.3. The average molecular weight is 270 g/mol. The lowest BCUT2D eigenvalue weighted by atomic mass is 9.79. The normalized spacial score (nSPS) is 18.9. The van der Waals surface area contributed by atoms with Gasteiger partial charge in [0.2, 0.25) is 0 Å². The number of hydrogen-bond acceptors (Lipinski definition) is 3. The fourth-order valence-electron chi connectivity index (χ4n) is 3.10. The molecule has 0 amide bonds. The fourth-order valence-corrected chi connectivity index (χ4v) is 3.10. The summed E-state index contributed by atoms with van der Waals surface area (Å²) in [5.41, 5.74) is 0.442. The first-order chi connectivity index (χ1) is 9.26. The zero-order chi connectivity index (χ0) is 14.0. The van der Waals surface area contributed by atoms with Crippen LogP contribution in [0.2, 0.25) is 0 Å². The molecule has 0 unspecified atom stereocenters. The number of rotatable bonds is 10. The summed E-state index contributed by atoms with van der Waals surface area (Å²) < 4.78 is 5.59. The molecule has 0 radical (unpaired) electrons. The van der Waals surface area contributed by atoms with Crippen molar-refractivity contribution in [3.05, 3.63) is 0 Å². The van der Waals surface area contributed by atoms with Crippen LogP contribution in [0.1, 0.15) is 52.9 Å². The van der Waals surface area contributed by atoms with E-state index in [2.05, 4.69) is 31.0 Å². The van der Waals surface area contributed by atoms with Crippen molar-refractivity contribution in [1.29, 1.82) is 0 Å². The van der Waals surface area contributed by atoms with Crippen LogP contribution in [-0.2, 0) is 4.74 Å². The minimum Gasteiger partial charge on any atom is -0.381 e. The van der Waals surface area contributed by atoms with Crippen molar-refractivity contribution in [2.45, 2.75) is 52.9 Å². The van der Waals surface area contributed by atoms with Gasteiger partial charge in [0.05, 0.1) is 0 Å². The SMILES string of the molecule is CCCNCC1(CN(CCC)CCC)CCOCC1. The summed E-state index contributed by atoms with van der Waals surface area (Å²) in [5, 5.41) is 3.65. The number of hydrogen-bond donors (Lipinski definition) is 1. The molecule has 0 aromatic heterocycles. The number of ether oxygens (including phenoxy) is 1.